The maximum Gasteiger partial charge on any atom is 0.254 e. The van der Waals surface area contributed by atoms with E-state index in [2.05, 4.69) is 15.7 Å². The van der Waals surface area contributed by atoms with Gasteiger partial charge in [0.25, 0.3) is 5.91 Å². The first-order chi connectivity index (χ1) is 10.1. The Kier molecular flexibility index (Phi) is 5.61. The molecule has 2 rings (SSSR count). The van der Waals surface area contributed by atoms with E-state index in [1.54, 1.807) is 29.1 Å². The first kappa shape index (κ1) is 15.8. The van der Waals surface area contributed by atoms with Crippen LogP contribution in [0, 0.1) is 0 Å². The average Bonchev–Trinajstić information content (AvgIpc) is 2.93. The number of aromatic nitrogens is 2. The zero-order valence-electron chi connectivity index (χ0n) is 11.6. The molecule has 5 nitrogen and oxygen atoms in total. The van der Waals surface area contributed by atoms with Crippen LogP contribution in [0.25, 0.3) is 5.69 Å². The van der Waals surface area contributed by atoms with Gasteiger partial charge in [-0.3, -0.25) is 4.79 Å². The predicted molar refractivity (Wildman–Crippen MR) is 84.5 cm³/mol. The van der Waals surface area contributed by atoms with Crippen molar-refractivity contribution in [3.8, 4) is 5.69 Å². The number of halogens is 2. The van der Waals surface area contributed by atoms with Crippen LogP contribution in [0.2, 0.25) is 10.0 Å². The number of nitrogens with one attached hydrogen (secondary N) is 2. The van der Waals surface area contributed by atoms with E-state index in [0.717, 1.165) is 13.1 Å². The fourth-order valence-corrected chi connectivity index (χ4v) is 2.28. The monoisotopic (exact) mass is 326 g/mol. The maximum absolute atomic E-state index is 11.9. The lowest BCUT2D eigenvalue weighted by Gasteiger charge is -2.05. The molecule has 7 heteroatoms. The van der Waals surface area contributed by atoms with Gasteiger partial charge >= 0.3 is 0 Å². The Labute approximate surface area is 133 Å². The third kappa shape index (κ3) is 4.20. The number of hydrogen-bond acceptors (Lipinski definition) is 3. The van der Waals surface area contributed by atoms with Crippen LogP contribution >= 0.6 is 23.2 Å². The Balaban J connectivity index is 2.05. The van der Waals surface area contributed by atoms with E-state index in [1.807, 2.05) is 6.92 Å². The summed E-state index contributed by atoms with van der Waals surface area (Å²) in [6.45, 7) is 4.20. The second-order valence-electron chi connectivity index (χ2n) is 4.38. The van der Waals surface area contributed by atoms with Gasteiger partial charge in [0.2, 0.25) is 0 Å². The highest BCUT2D eigenvalue weighted by Crippen LogP contribution is 2.23. The molecule has 0 unspecified atom stereocenters. The molecule has 0 spiro atoms. The van der Waals surface area contributed by atoms with Crippen LogP contribution in [-0.4, -0.2) is 35.3 Å². The predicted octanol–water partition coefficient (Wildman–Crippen LogP) is 2.52. The standard InChI is InChI=1S/C14H16Cl2N4O/c1-2-17-5-6-18-14(21)10-8-19-20(9-10)13-4-3-11(15)7-12(13)16/h3-4,7-9,17H,2,5-6H2,1H3,(H,18,21). The van der Waals surface area contributed by atoms with Gasteiger partial charge in [0, 0.05) is 24.3 Å². The van der Waals surface area contributed by atoms with Crippen molar-refractivity contribution in [1.29, 1.82) is 0 Å². The number of nitrogens with zero attached hydrogens (tertiary/aromatic N) is 2. The van der Waals surface area contributed by atoms with Crippen LogP contribution in [-0.2, 0) is 0 Å². The second kappa shape index (κ2) is 7.45. The van der Waals surface area contributed by atoms with Gasteiger partial charge in [-0.05, 0) is 24.7 Å². The summed E-state index contributed by atoms with van der Waals surface area (Å²) in [5.41, 5.74) is 1.16. The van der Waals surface area contributed by atoms with Gasteiger partial charge in [-0.2, -0.15) is 5.10 Å². The van der Waals surface area contributed by atoms with Gasteiger partial charge in [0.05, 0.1) is 22.5 Å². The Bertz CT molecular complexity index is 627. The second-order valence-corrected chi connectivity index (χ2v) is 5.22. The summed E-state index contributed by atoms with van der Waals surface area (Å²) in [5.74, 6) is -0.163. The summed E-state index contributed by atoms with van der Waals surface area (Å²) in [5, 5.41) is 11.1. The number of amides is 1. The third-order valence-electron chi connectivity index (χ3n) is 2.84. The SMILES string of the molecule is CCNCCNC(=O)c1cnn(-c2ccc(Cl)cc2Cl)c1. The van der Waals surface area contributed by atoms with Crippen molar-refractivity contribution in [3.05, 3.63) is 46.2 Å². The first-order valence-corrected chi connectivity index (χ1v) is 7.36. The van der Waals surface area contributed by atoms with E-state index in [4.69, 9.17) is 23.2 Å². The smallest absolute Gasteiger partial charge is 0.254 e. The molecule has 112 valence electrons. The van der Waals surface area contributed by atoms with Gasteiger partial charge in [0.15, 0.2) is 0 Å². The molecule has 0 fully saturated rings. The minimum Gasteiger partial charge on any atom is -0.351 e. The molecule has 0 aliphatic carbocycles. The minimum absolute atomic E-state index is 0.163. The van der Waals surface area contributed by atoms with Crippen molar-refractivity contribution in [1.82, 2.24) is 20.4 Å². The van der Waals surface area contributed by atoms with Crippen LogP contribution in [0.15, 0.2) is 30.6 Å². The number of carbonyl (C=O) groups excluding carboxylic acids is 1. The Morgan fingerprint density at radius 3 is 2.86 bits per heavy atom. The third-order valence-corrected chi connectivity index (χ3v) is 3.38. The Hall–Kier alpha value is -1.56. The van der Waals surface area contributed by atoms with Crippen LogP contribution in [0.3, 0.4) is 0 Å². The molecule has 1 amide bonds. The molecule has 0 aliphatic rings. The number of benzene rings is 1. The molecule has 1 heterocycles. The summed E-state index contributed by atoms with van der Waals surface area (Å²) in [7, 11) is 0. The van der Waals surface area contributed by atoms with Crippen LogP contribution in [0.4, 0.5) is 0 Å². The normalized spacial score (nSPS) is 10.6. The maximum atomic E-state index is 11.9. The summed E-state index contributed by atoms with van der Waals surface area (Å²) in [6.07, 6.45) is 3.14. The first-order valence-electron chi connectivity index (χ1n) is 6.61. The van der Waals surface area contributed by atoms with Crippen molar-refractivity contribution in [2.75, 3.05) is 19.6 Å². The van der Waals surface area contributed by atoms with Gasteiger partial charge in [0.1, 0.15) is 0 Å². The number of rotatable bonds is 6. The number of likely N-dealkylation sites (N-methyl/N-ethyl adjacent to an activating group) is 1. The summed E-state index contributed by atoms with van der Waals surface area (Å²) in [4.78, 5) is 11.9. The van der Waals surface area contributed by atoms with E-state index in [9.17, 15) is 4.79 Å². The lowest BCUT2D eigenvalue weighted by atomic mass is 10.3. The molecule has 0 radical (unpaired) electrons. The van der Waals surface area contributed by atoms with Gasteiger partial charge < -0.3 is 10.6 Å². The van der Waals surface area contributed by atoms with E-state index in [1.165, 1.54) is 6.20 Å². The minimum atomic E-state index is -0.163. The zero-order chi connectivity index (χ0) is 15.2. The van der Waals surface area contributed by atoms with Crippen molar-refractivity contribution in [3.63, 3.8) is 0 Å². The quantitative estimate of drug-likeness (QED) is 0.802. The summed E-state index contributed by atoms with van der Waals surface area (Å²) >= 11 is 12.0. The zero-order valence-corrected chi connectivity index (χ0v) is 13.1. The molecular formula is C14H16Cl2N4O. The molecule has 1 aromatic carbocycles. The molecule has 0 aliphatic heterocycles. The Morgan fingerprint density at radius 1 is 1.33 bits per heavy atom. The summed E-state index contributed by atoms with van der Waals surface area (Å²) < 4.78 is 1.55. The number of carbonyl (C=O) groups is 1. The molecule has 0 saturated heterocycles. The van der Waals surface area contributed by atoms with Crippen LogP contribution in [0.1, 0.15) is 17.3 Å². The van der Waals surface area contributed by atoms with Crippen LogP contribution in [0.5, 0.6) is 0 Å². The fourth-order valence-electron chi connectivity index (χ4n) is 1.78. The largest absolute Gasteiger partial charge is 0.351 e. The molecule has 21 heavy (non-hydrogen) atoms. The van der Waals surface area contributed by atoms with Crippen molar-refractivity contribution < 1.29 is 4.79 Å². The lowest BCUT2D eigenvalue weighted by Crippen LogP contribution is -2.31. The van der Waals surface area contributed by atoms with E-state index in [-0.39, 0.29) is 5.91 Å². The van der Waals surface area contributed by atoms with Crippen molar-refractivity contribution in [2.45, 2.75) is 6.92 Å². The molecule has 0 saturated carbocycles. The highest BCUT2D eigenvalue weighted by Gasteiger charge is 2.10. The van der Waals surface area contributed by atoms with Crippen LogP contribution < -0.4 is 10.6 Å². The van der Waals surface area contributed by atoms with Crippen molar-refractivity contribution >= 4 is 29.1 Å². The molecule has 0 bridgehead atoms. The molecule has 2 N–H and O–H groups in total. The van der Waals surface area contributed by atoms with Gasteiger partial charge in [-0.25, -0.2) is 4.68 Å². The summed E-state index contributed by atoms with van der Waals surface area (Å²) in [6, 6.07) is 5.11. The average molecular weight is 327 g/mol. The molecule has 1 aromatic heterocycles. The number of hydrogen-bond donors (Lipinski definition) is 2. The lowest BCUT2D eigenvalue weighted by molar-refractivity contribution is 0.0954. The highest BCUT2D eigenvalue weighted by molar-refractivity contribution is 6.35. The van der Waals surface area contributed by atoms with Gasteiger partial charge in [-0.15, -0.1) is 0 Å². The highest BCUT2D eigenvalue weighted by atomic mass is 35.5. The fraction of sp³-hybridized carbons (Fsp3) is 0.286. The molecule has 2 aromatic rings. The van der Waals surface area contributed by atoms with E-state index in [0.29, 0.717) is 27.8 Å². The molecule has 0 atom stereocenters. The van der Waals surface area contributed by atoms with Gasteiger partial charge in [-0.1, -0.05) is 30.1 Å². The van der Waals surface area contributed by atoms with Crippen molar-refractivity contribution in [2.24, 2.45) is 0 Å². The Morgan fingerprint density at radius 2 is 2.14 bits per heavy atom. The van der Waals surface area contributed by atoms with E-state index >= 15 is 0 Å². The topological polar surface area (TPSA) is 58.9 Å². The van der Waals surface area contributed by atoms with E-state index < -0.39 is 0 Å². The molecular weight excluding hydrogens is 311 g/mol.